The Kier molecular flexibility index (Phi) is 21.8. The van der Waals surface area contributed by atoms with E-state index in [1.54, 1.807) is 13.2 Å². The van der Waals surface area contributed by atoms with Gasteiger partial charge in [-0.05, 0) is 95.8 Å². The van der Waals surface area contributed by atoms with E-state index in [4.69, 9.17) is 50.4 Å². The molecule has 2 aromatic rings. The molecule has 2 aromatic carbocycles. The maximum atomic E-state index is 13.3. The van der Waals surface area contributed by atoms with Crippen molar-refractivity contribution in [1.82, 2.24) is 20.4 Å². The van der Waals surface area contributed by atoms with Crippen LogP contribution in [-0.4, -0.2) is 205 Å². The van der Waals surface area contributed by atoms with Crippen LogP contribution in [0.3, 0.4) is 0 Å². The average Bonchev–Trinajstić information content (AvgIpc) is 3.80. The number of hydrogen-bond acceptors (Lipinski definition) is 21. The number of nitro benzene ring substituents is 1. The smallest absolute Gasteiger partial charge is 0.269 e. The Balaban J connectivity index is 0.000000224. The van der Waals surface area contributed by atoms with Crippen LogP contribution in [0.25, 0.3) is 0 Å². The summed E-state index contributed by atoms with van der Waals surface area (Å²) in [6.07, 6.45) is -1.55. The number of halogens is 3. The van der Waals surface area contributed by atoms with Crippen LogP contribution in [0.15, 0.2) is 65.1 Å². The number of hydrogen-bond donors (Lipinski definition) is 13. The number of ketones is 2. The summed E-state index contributed by atoms with van der Waals surface area (Å²) in [7, 11) is 5.00. The molecular weight excluding hydrogens is 1120 g/mol. The Morgan fingerprint density at radius 3 is 2.14 bits per heavy atom. The van der Waals surface area contributed by atoms with Crippen molar-refractivity contribution < 1.29 is 84.7 Å². The molecule has 2 aliphatic heterocycles. The van der Waals surface area contributed by atoms with Gasteiger partial charge in [-0.1, -0.05) is 48.7 Å². The lowest BCUT2D eigenvalue weighted by Gasteiger charge is -2.52. The lowest BCUT2D eigenvalue weighted by molar-refractivity contribution is -0.384. The van der Waals surface area contributed by atoms with Gasteiger partial charge >= 0.3 is 0 Å². The van der Waals surface area contributed by atoms with Crippen LogP contribution in [0, 0.1) is 27.9 Å². The van der Waals surface area contributed by atoms with Gasteiger partial charge in [-0.2, -0.15) is 0 Å². The molecule has 5 aliphatic rings. The number of phenols is 1. The number of fused-ring (bicyclic) bond motifs is 3. The van der Waals surface area contributed by atoms with Crippen molar-refractivity contribution in [3.8, 4) is 5.75 Å². The minimum atomic E-state index is -2.75. The highest BCUT2D eigenvalue weighted by Crippen LogP contribution is 2.56. The van der Waals surface area contributed by atoms with Crippen molar-refractivity contribution in [2.45, 2.75) is 128 Å². The average molecular weight is 1190 g/mol. The van der Waals surface area contributed by atoms with Gasteiger partial charge in [0.1, 0.15) is 58.8 Å². The number of aromatic hydroxyl groups is 1. The van der Waals surface area contributed by atoms with E-state index in [1.165, 1.54) is 80.1 Å². The number of nitro groups is 1. The largest absolute Gasteiger partial charge is 0.510 e. The summed E-state index contributed by atoms with van der Waals surface area (Å²) >= 11 is 18.2. The van der Waals surface area contributed by atoms with E-state index < -0.39 is 151 Å². The monoisotopic (exact) mass is 1190 g/mol. The zero-order valence-electron chi connectivity index (χ0n) is 44.1. The number of ether oxygens (including phenoxy) is 1. The fourth-order valence-electron chi connectivity index (χ4n) is 11.1. The number of thioether (sulfide) groups is 1. The highest BCUT2D eigenvalue weighted by molar-refractivity contribution is 7.99. The second kappa shape index (κ2) is 26.5. The maximum absolute atomic E-state index is 13.3. The van der Waals surface area contributed by atoms with E-state index in [2.05, 4.69) is 17.6 Å². The molecular formula is C51H69Cl3N6O18S. The number of nitrogens with one attached hydrogen (secondary N) is 2. The molecule has 2 saturated heterocycles. The molecule has 7 rings (SSSR count). The first-order valence-electron chi connectivity index (χ1n) is 25.0. The molecule has 438 valence electrons. The molecule has 79 heavy (non-hydrogen) atoms. The normalized spacial score (nSPS) is 31.1. The molecule has 0 bridgehead atoms. The van der Waals surface area contributed by atoms with Crippen molar-refractivity contribution in [3.05, 3.63) is 91.9 Å². The molecule has 0 saturated carbocycles. The number of rotatable bonds is 15. The summed E-state index contributed by atoms with van der Waals surface area (Å²) < 4.78 is 5.79. The number of nitrogens with zero attached hydrogens (tertiary/aromatic N) is 3. The van der Waals surface area contributed by atoms with Crippen LogP contribution < -0.4 is 16.4 Å². The fraction of sp³-hybridized carbons (Fsp3) is 0.588. The van der Waals surface area contributed by atoms with Crippen LogP contribution >= 0.6 is 46.6 Å². The van der Waals surface area contributed by atoms with Gasteiger partial charge in [0.2, 0.25) is 11.7 Å². The molecule has 28 heteroatoms. The quantitative estimate of drug-likeness (QED) is 0.0513. The first-order valence-corrected chi connectivity index (χ1v) is 27.6. The predicted molar refractivity (Wildman–Crippen MR) is 289 cm³/mol. The summed E-state index contributed by atoms with van der Waals surface area (Å²) in [6, 6.07) is 6.17. The van der Waals surface area contributed by atoms with Gasteiger partial charge in [-0.15, -0.1) is 23.4 Å². The van der Waals surface area contributed by atoms with Crippen LogP contribution in [0.4, 0.5) is 5.69 Å². The summed E-state index contributed by atoms with van der Waals surface area (Å²) in [6.45, 7) is 5.59. The number of Topliss-reactive ketones (excluding diaryl/α,β-unsaturated/α-hetero) is 2. The summed E-state index contributed by atoms with van der Waals surface area (Å²) in [5.74, 6) is -8.30. The Morgan fingerprint density at radius 1 is 1.00 bits per heavy atom. The molecule has 24 nitrogen and oxygen atoms in total. The molecule has 3 aliphatic carbocycles. The lowest BCUT2D eigenvalue weighted by Crippen LogP contribution is -2.65. The highest BCUT2D eigenvalue weighted by Gasteiger charge is 2.65. The van der Waals surface area contributed by atoms with Crippen LogP contribution in [0.5, 0.6) is 5.75 Å². The van der Waals surface area contributed by atoms with Gasteiger partial charge in [0, 0.05) is 36.1 Å². The third-order valence-electron chi connectivity index (χ3n) is 15.2. The zero-order chi connectivity index (χ0) is 59.5. The number of aliphatic hydroxyl groups is 9. The molecule has 14 N–H and O–H groups in total. The molecule has 3 amide bonds. The fourth-order valence-corrected chi connectivity index (χ4v) is 12.1. The molecule has 0 spiro atoms. The minimum Gasteiger partial charge on any atom is -0.510 e. The van der Waals surface area contributed by atoms with Crippen molar-refractivity contribution in [2.24, 2.45) is 23.5 Å². The molecule has 0 radical (unpaired) electrons. The molecule has 0 aromatic heterocycles. The Bertz CT molecular complexity index is 2660. The van der Waals surface area contributed by atoms with Gasteiger partial charge in [0.25, 0.3) is 17.5 Å². The zero-order valence-corrected chi connectivity index (χ0v) is 47.2. The number of carbonyl (C=O) groups is 5. The summed E-state index contributed by atoms with van der Waals surface area (Å²) in [5, 5.41) is 120. The number of phenolic OH excluding ortho intramolecular Hbond substituents is 1. The van der Waals surface area contributed by atoms with E-state index in [0.29, 0.717) is 11.5 Å². The number of benzene rings is 2. The predicted octanol–water partition coefficient (Wildman–Crippen LogP) is 1.08. The van der Waals surface area contributed by atoms with Crippen LogP contribution in [0.1, 0.15) is 74.0 Å². The number of amides is 3. The number of non-ortho nitro benzene ring substituents is 1. The van der Waals surface area contributed by atoms with Gasteiger partial charge in [0.05, 0.1) is 52.2 Å². The first-order chi connectivity index (χ1) is 36.8. The molecule has 2 unspecified atom stereocenters. The van der Waals surface area contributed by atoms with Crippen LogP contribution in [0.2, 0.25) is 0 Å². The number of primary amides is 1. The second-order valence-electron chi connectivity index (χ2n) is 20.6. The van der Waals surface area contributed by atoms with Crippen molar-refractivity contribution >= 4 is 81.5 Å². The first kappa shape index (κ1) is 65.1. The number of carbonyl (C=O) groups excluding carboxylic acids is 5. The SMILES string of the molecule is CCC[C@@H]1C[C@@H](C(=O)NC(C(C)Cl)[C@H]2O[C@H](SC)[C@H](O)[C@@H](O)[C@H]2O)N(C)C1.CN(C)[C@@H]1C(O)=C(C(N)=O)C(=O)[C@@]2(O)C(O)=C3C(=O)c4c(O)cccc4[C@@](C)(O)[C@H]3C[C@@H]12.O=C(N[C@H](CO)[C@H](O)c1ccc([N+](=O)[O-])cc1)C(Cl)Cl. The van der Waals surface area contributed by atoms with E-state index in [1.807, 2.05) is 11.9 Å². The van der Waals surface area contributed by atoms with Crippen LogP contribution in [-0.2, 0) is 29.5 Å². The van der Waals surface area contributed by atoms with Gasteiger partial charge in [0.15, 0.2) is 16.2 Å². The Hall–Kier alpha value is -4.71. The van der Waals surface area contributed by atoms with Crippen molar-refractivity contribution in [3.63, 3.8) is 0 Å². The molecule has 2 fully saturated rings. The maximum Gasteiger partial charge on any atom is 0.269 e. The number of alkyl halides is 3. The van der Waals surface area contributed by atoms with E-state index in [0.717, 1.165) is 25.8 Å². The lowest BCUT2D eigenvalue weighted by atomic mass is 9.55. The topological polar surface area (TPSA) is 397 Å². The Morgan fingerprint density at radius 2 is 1.62 bits per heavy atom. The summed E-state index contributed by atoms with van der Waals surface area (Å²) in [4.78, 5) is 74.7. The number of nitrogens with two attached hydrogens (primary N) is 1. The third kappa shape index (κ3) is 13.2. The highest BCUT2D eigenvalue weighted by atomic mass is 35.5. The minimum absolute atomic E-state index is 0.132. The standard InChI is InChI=1S/C22H24N2O8.C18H33ClN2O5S.C11H12Cl2N2O5/c1-21(31)8-5-4-6-11(25)12(8)16(26)13-9(21)7-10-15(24(2)3)17(27)14(20(23)30)19(29)22(10,32)18(13)28;1-5-6-10-7-11(21(3)8-10)17(25)20-12(9(2)19)16-14(23)13(22)15(24)18(26-16)27-4;12-10(13)11(18)14-8(5-16)9(17)6-1-3-7(4-2-6)15(19)20/h4-6,9-10,15,25,27-28,31-32H,7H2,1-3H3,(H2,23,30);9-16,18,22-24H,5-8H2,1-4H3,(H,20,25);1-4,8-10,16-17H,5H2,(H,14,18)/t9-,10-,15-,21+,22-;9?,10-,11+,12?,13+,14-,15-,16-,18-;8-,9-/m011/s1. The van der Waals surface area contributed by atoms with Gasteiger partial charge < -0.3 is 72.2 Å². The number of likely N-dealkylation sites (tertiary alicyclic amines) is 1. The van der Waals surface area contributed by atoms with E-state index in [9.17, 15) is 80.0 Å². The second-order valence-corrected chi connectivity index (χ2v) is 23.3. The van der Waals surface area contributed by atoms with Gasteiger partial charge in [-0.25, -0.2) is 0 Å². The summed E-state index contributed by atoms with van der Waals surface area (Å²) in [5.41, 5.74) is -1.19. The van der Waals surface area contributed by atoms with Crippen molar-refractivity contribution in [2.75, 3.05) is 40.6 Å². The van der Waals surface area contributed by atoms with Gasteiger partial charge in [-0.3, -0.25) is 43.9 Å². The number of likely N-dealkylation sites (N-methyl/N-ethyl adjacent to an activating group) is 2. The van der Waals surface area contributed by atoms with E-state index >= 15 is 0 Å². The van der Waals surface area contributed by atoms with Crippen molar-refractivity contribution in [1.29, 1.82) is 0 Å². The molecule has 16 atom stereocenters. The number of aliphatic hydroxyl groups excluding tert-OH is 7. The molecule has 2 heterocycles. The van der Waals surface area contributed by atoms with E-state index in [-0.39, 0.29) is 35.2 Å². The third-order valence-corrected chi connectivity index (χ3v) is 16.7. The Labute approximate surface area is 474 Å².